The van der Waals surface area contributed by atoms with Crippen molar-refractivity contribution in [3.63, 3.8) is 0 Å². The molecule has 1 aromatic heterocycles. The zero-order chi connectivity index (χ0) is 14.1. The number of benzene rings is 2. The van der Waals surface area contributed by atoms with E-state index in [1.165, 1.54) is 12.1 Å². The van der Waals surface area contributed by atoms with Crippen LogP contribution in [-0.4, -0.2) is 21.2 Å². The van der Waals surface area contributed by atoms with E-state index in [0.29, 0.717) is 5.52 Å². The molecule has 0 amide bonds. The van der Waals surface area contributed by atoms with Gasteiger partial charge in [-0.25, -0.2) is 9.78 Å². The van der Waals surface area contributed by atoms with E-state index in [1.54, 1.807) is 6.07 Å². The van der Waals surface area contributed by atoms with Crippen LogP contribution in [0.3, 0.4) is 0 Å². The van der Waals surface area contributed by atoms with E-state index >= 15 is 0 Å². The third-order valence-corrected chi connectivity index (χ3v) is 3.12. The van der Waals surface area contributed by atoms with Crippen LogP contribution in [-0.2, 0) is 0 Å². The number of carboxylic acids is 1. The van der Waals surface area contributed by atoms with Gasteiger partial charge in [0.15, 0.2) is 0 Å². The molecule has 0 fully saturated rings. The zero-order valence-electron chi connectivity index (χ0n) is 10.4. The fourth-order valence-electron chi connectivity index (χ4n) is 2.20. The maximum Gasteiger partial charge on any atom is 0.354 e. The van der Waals surface area contributed by atoms with E-state index in [0.717, 1.165) is 16.5 Å². The number of rotatable bonds is 2. The molecule has 0 spiro atoms. The minimum atomic E-state index is -1.12. The number of phenolic OH excluding ortho intramolecular Hbond substituents is 1. The highest BCUT2D eigenvalue weighted by Crippen LogP contribution is 2.32. The number of carboxylic acid groups (broad SMARTS) is 1. The number of para-hydroxylation sites is 1. The number of hydrogen-bond acceptors (Lipinski definition) is 3. The number of hydrogen-bond donors (Lipinski definition) is 2. The van der Waals surface area contributed by atoms with Crippen LogP contribution in [0.15, 0.2) is 54.6 Å². The van der Waals surface area contributed by atoms with E-state index in [1.807, 2.05) is 36.4 Å². The normalized spacial score (nSPS) is 10.6. The van der Waals surface area contributed by atoms with Crippen molar-refractivity contribution >= 4 is 16.9 Å². The standard InChI is InChI=1S/C16H11NO3/c18-14-8-4-7-11-12(10-5-2-1-3-6-10)9-13(16(19)20)17-15(11)14/h1-9,18H,(H,19,20). The first-order valence-electron chi connectivity index (χ1n) is 6.08. The summed E-state index contributed by atoms with van der Waals surface area (Å²) < 4.78 is 0. The number of aromatic hydroxyl groups is 1. The van der Waals surface area contributed by atoms with Gasteiger partial charge >= 0.3 is 5.97 Å². The Labute approximate surface area is 115 Å². The van der Waals surface area contributed by atoms with E-state index in [2.05, 4.69) is 4.98 Å². The molecular weight excluding hydrogens is 254 g/mol. The molecule has 0 unspecified atom stereocenters. The minimum absolute atomic E-state index is 0.0252. The molecule has 0 radical (unpaired) electrons. The molecule has 2 N–H and O–H groups in total. The summed E-state index contributed by atoms with van der Waals surface area (Å²) in [4.78, 5) is 15.2. The van der Waals surface area contributed by atoms with Gasteiger partial charge in [-0.15, -0.1) is 0 Å². The van der Waals surface area contributed by atoms with E-state index < -0.39 is 5.97 Å². The zero-order valence-corrected chi connectivity index (χ0v) is 10.4. The van der Waals surface area contributed by atoms with Gasteiger partial charge in [-0.1, -0.05) is 42.5 Å². The third kappa shape index (κ3) is 1.97. The second-order valence-corrected chi connectivity index (χ2v) is 4.40. The molecule has 1 heterocycles. The lowest BCUT2D eigenvalue weighted by atomic mass is 10.00. The van der Waals surface area contributed by atoms with Crippen LogP contribution in [0, 0.1) is 0 Å². The summed E-state index contributed by atoms with van der Waals surface area (Å²) in [6.07, 6.45) is 0. The number of carbonyl (C=O) groups is 1. The van der Waals surface area contributed by atoms with Crippen LogP contribution in [0.2, 0.25) is 0 Å². The first-order valence-corrected chi connectivity index (χ1v) is 6.08. The first kappa shape index (κ1) is 12.2. The summed E-state index contributed by atoms with van der Waals surface area (Å²) in [7, 11) is 0. The van der Waals surface area contributed by atoms with E-state index in [4.69, 9.17) is 5.11 Å². The van der Waals surface area contributed by atoms with Crippen LogP contribution in [0.4, 0.5) is 0 Å². The molecule has 0 atom stereocenters. The predicted molar refractivity (Wildman–Crippen MR) is 75.8 cm³/mol. The average Bonchev–Trinajstić information content (AvgIpc) is 2.47. The van der Waals surface area contributed by atoms with Crippen molar-refractivity contribution in [1.82, 2.24) is 4.98 Å². The molecule has 3 aromatic rings. The summed E-state index contributed by atoms with van der Waals surface area (Å²) in [5, 5.41) is 19.8. The third-order valence-electron chi connectivity index (χ3n) is 3.12. The largest absolute Gasteiger partial charge is 0.506 e. The van der Waals surface area contributed by atoms with Crippen molar-refractivity contribution in [2.24, 2.45) is 0 Å². The van der Waals surface area contributed by atoms with Crippen molar-refractivity contribution in [3.8, 4) is 16.9 Å². The van der Waals surface area contributed by atoms with Crippen molar-refractivity contribution < 1.29 is 15.0 Å². The molecule has 98 valence electrons. The highest BCUT2D eigenvalue weighted by molar-refractivity contribution is 6.01. The molecule has 0 saturated carbocycles. The van der Waals surface area contributed by atoms with Gasteiger partial charge in [-0.2, -0.15) is 0 Å². The Morgan fingerprint density at radius 1 is 1.00 bits per heavy atom. The Kier molecular flexibility index (Phi) is 2.84. The topological polar surface area (TPSA) is 70.4 Å². The number of phenols is 1. The van der Waals surface area contributed by atoms with Gasteiger partial charge in [0.25, 0.3) is 0 Å². The highest BCUT2D eigenvalue weighted by Gasteiger charge is 2.13. The summed E-state index contributed by atoms with van der Waals surface area (Å²) in [5.74, 6) is -1.14. The lowest BCUT2D eigenvalue weighted by molar-refractivity contribution is 0.0691. The average molecular weight is 265 g/mol. The van der Waals surface area contributed by atoms with Gasteiger partial charge in [0, 0.05) is 5.39 Å². The number of nitrogens with zero attached hydrogens (tertiary/aromatic N) is 1. The molecule has 2 aromatic carbocycles. The summed E-state index contributed by atoms with van der Waals surface area (Å²) in [6, 6.07) is 16.0. The van der Waals surface area contributed by atoms with Crippen molar-refractivity contribution in [3.05, 3.63) is 60.3 Å². The Hall–Kier alpha value is -2.88. The van der Waals surface area contributed by atoms with Gasteiger partial charge in [-0.05, 0) is 23.3 Å². The van der Waals surface area contributed by atoms with Gasteiger partial charge in [0.2, 0.25) is 0 Å². The number of aromatic carboxylic acids is 1. The van der Waals surface area contributed by atoms with Crippen molar-refractivity contribution in [2.75, 3.05) is 0 Å². The molecule has 4 nitrogen and oxygen atoms in total. The van der Waals surface area contributed by atoms with Gasteiger partial charge in [0.1, 0.15) is 17.0 Å². The van der Waals surface area contributed by atoms with Crippen LogP contribution in [0.25, 0.3) is 22.0 Å². The lowest BCUT2D eigenvalue weighted by Crippen LogP contribution is -2.01. The smallest absolute Gasteiger partial charge is 0.354 e. The van der Waals surface area contributed by atoms with E-state index in [-0.39, 0.29) is 11.4 Å². The molecule has 0 aliphatic carbocycles. The lowest BCUT2D eigenvalue weighted by Gasteiger charge is -2.09. The highest BCUT2D eigenvalue weighted by atomic mass is 16.4. The van der Waals surface area contributed by atoms with Crippen molar-refractivity contribution in [2.45, 2.75) is 0 Å². The fraction of sp³-hybridized carbons (Fsp3) is 0. The SMILES string of the molecule is O=C(O)c1cc(-c2ccccc2)c2cccc(O)c2n1. The summed E-state index contributed by atoms with van der Waals surface area (Å²) in [6.45, 7) is 0. The van der Waals surface area contributed by atoms with Gasteiger partial charge < -0.3 is 10.2 Å². The molecule has 0 aliphatic heterocycles. The van der Waals surface area contributed by atoms with Crippen LogP contribution in [0.5, 0.6) is 5.75 Å². The van der Waals surface area contributed by atoms with Crippen LogP contribution >= 0.6 is 0 Å². The van der Waals surface area contributed by atoms with Gasteiger partial charge in [-0.3, -0.25) is 0 Å². The number of pyridine rings is 1. The van der Waals surface area contributed by atoms with Crippen molar-refractivity contribution in [1.29, 1.82) is 0 Å². The molecular formula is C16H11NO3. The molecule has 0 saturated heterocycles. The monoisotopic (exact) mass is 265 g/mol. The second kappa shape index (κ2) is 4.66. The minimum Gasteiger partial charge on any atom is -0.506 e. The molecule has 4 heteroatoms. The fourth-order valence-corrected chi connectivity index (χ4v) is 2.20. The first-order chi connectivity index (χ1) is 9.66. The molecule has 0 bridgehead atoms. The number of fused-ring (bicyclic) bond motifs is 1. The molecule has 0 aliphatic rings. The molecule has 3 rings (SSSR count). The maximum atomic E-state index is 11.2. The Morgan fingerprint density at radius 3 is 2.45 bits per heavy atom. The quantitative estimate of drug-likeness (QED) is 0.745. The number of aromatic nitrogens is 1. The Balaban J connectivity index is 2.40. The maximum absolute atomic E-state index is 11.2. The predicted octanol–water partition coefficient (Wildman–Crippen LogP) is 3.31. The Morgan fingerprint density at radius 2 is 1.75 bits per heavy atom. The van der Waals surface area contributed by atoms with Gasteiger partial charge in [0.05, 0.1) is 0 Å². The summed E-state index contributed by atoms with van der Waals surface area (Å²) >= 11 is 0. The van der Waals surface area contributed by atoms with Crippen LogP contribution < -0.4 is 0 Å². The molecule has 20 heavy (non-hydrogen) atoms. The van der Waals surface area contributed by atoms with Crippen LogP contribution in [0.1, 0.15) is 10.5 Å². The summed E-state index contributed by atoms with van der Waals surface area (Å²) in [5.41, 5.74) is 1.83. The second-order valence-electron chi connectivity index (χ2n) is 4.40. The Bertz CT molecular complexity index is 797. The van der Waals surface area contributed by atoms with E-state index in [9.17, 15) is 9.90 Å².